The quantitative estimate of drug-likeness (QED) is 0.0453. The van der Waals surface area contributed by atoms with Gasteiger partial charge in [-0.05, 0) is 88.5 Å². The molecule has 2 aliphatic carbocycles. The largest absolute Gasteiger partial charge is 0.492 e. The topological polar surface area (TPSA) is 122 Å². The number of hydrogen-bond acceptors (Lipinski definition) is 10. The second-order valence-corrected chi connectivity index (χ2v) is 16.0. The smallest absolute Gasteiger partial charge is 0.410 e. The van der Waals surface area contributed by atoms with Crippen LogP contribution < -0.4 is 9.47 Å². The van der Waals surface area contributed by atoms with Gasteiger partial charge in [0.15, 0.2) is 0 Å². The van der Waals surface area contributed by atoms with Crippen molar-refractivity contribution in [3.05, 3.63) is 48.1 Å². The average molecular weight is 760 g/mol. The number of benzene rings is 1. The van der Waals surface area contributed by atoms with Crippen LogP contribution in [0.2, 0.25) is 0 Å². The minimum absolute atomic E-state index is 0.0752. The van der Waals surface area contributed by atoms with Crippen molar-refractivity contribution in [3.63, 3.8) is 0 Å². The number of hydrogen-bond donors (Lipinski definition) is 2. The summed E-state index contributed by atoms with van der Waals surface area (Å²) in [5, 5.41) is 24.5. The lowest BCUT2D eigenvalue weighted by atomic mass is 9.55. The van der Waals surface area contributed by atoms with Crippen molar-refractivity contribution in [2.24, 2.45) is 22.9 Å². The van der Waals surface area contributed by atoms with E-state index in [4.69, 9.17) is 40.5 Å². The van der Waals surface area contributed by atoms with E-state index in [0.717, 1.165) is 67.9 Å². The standard InChI is InChI=1S/C41H62ClN3O8/c1-6-17-45(39(48)50-24-16-42)36-28-34(43-53-40(3,4)5)32-26-29(12-8-10-21-46)31(13-9-11-22-47)37-33-27-30(49-25-20-44-18-19-44)14-15-35(33)52-41(36,38(32)37)51-23-7-2/h7,14-15,26-27,29,31,36-38,46-47H,2,6,8-13,16-25,28H2,1,3-5H3. The van der Waals surface area contributed by atoms with Gasteiger partial charge in [-0.1, -0.05) is 37.1 Å². The van der Waals surface area contributed by atoms with E-state index >= 15 is 0 Å². The second-order valence-electron chi connectivity index (χ2n) is 15.7. The summed E-state index contributed by atoms with van der Waals surface area (Å²) in [4.78, 5) is 24.2. The number of nitrogens with zero attached hydrogens (tertiary/aromatic N) is 3. The molecule has 2 fully saturated rings. The minimum Gasteiger partial charge on any atom is -0.492 e. The van der Waals surface area contributed by atoms with Gasteiger partial charge in [-0.2, -0.15) is 0 Å². The predicted molar refractivity (Wildman–Crippen MR) is 207 cm³/mol. The molecule has 0 spiro atoms. The summed E-state index contributed by atoms with van der Waals surface area (Å²) in [5.74, 6) is 0.0759. The number of alkyl halides is 1. The number of ether oxygens (including phenoxy) is 4. The average Bonchev–Trinajstić information content (AvgIpc) is 3.97. The van der Waals surface area contributed by atoms with Crippen LogP contribution in [-0.4, -0.2) is 114 Å². The SMILES string of the molecule is C=CCOC12Oc3ccc(OCCN4CC4)cc3C3C(CCCCO)C(CCCCO)C=C(C(=NOC(C)(C)C)CC1N(CCC)C(=O)OCCCl)C32. The van der Waals surface area contributed by atoms with Crippen molar-refractivity contribution in [1.82, 2.24) is 9.80 Å². The molecule has 11 nitrogen and oxygen atoms in total. The molecule has 2 aliphatic heterocycles. The van der Waals surface area contributed by atoms with Gasteiger partial charge in [-0.25, -0.2) is 4.79 Å². The molecule has 5 rings (SSSR count). The summed E-state index contributed by atoms with van der Waals surface area (Å²) in [6, 6.07) is 5.44. The number of rotatable bonds is 21. The monoisotopic (exact) mass is 759 g/mol. The number of oxime groups is 1. The molecule has 1 saturated heterocycles. The summed E-state index contributed by atoms with van der Waals surface area (Å²) in [5.41, 5.74) is 2.23. The van der Waals surface area contributed by atoms with Crippen molar-refractivity contribution < 1.29 is 38.8 Å². The molecular weight excluding hydrogens is 698 g/mol. The number of aliphatic hydroxyl groups is 2. The van der Waals surface area contributed by atoms with Crippen LogP contribution in [0.1, 0.15) is 90.5 Å². The van der Waals surface area contributed by atoms with E-state index in [2.05, 4.69) is 23.6 Å². The van der Waals surface area contributed by atoms with Crippen molar-refractivity contribution in [3.8, 4) is 11.5 Å². The fraction of sp³-hybridized carbons (Fsp3) is 0.707. The van der Waals surface area contributed by atoms with Gasteiger partial charge in [0.1, 0.15) is 36.4 Å². The normalized spacial score (nSPS) is 26.9. The van der Waals surface area contributed by atoms with Crippen molar-refractivity contribution >= 4 is 23.4 Å². The van der Waals surface area contributed by atoms with E-state index in [1.165, 1.54) is 0 Å². The van der Waals surface area contributed by atoms with Crippen LogP contribution in [0.4, 0.5) is 4.79 Å². The van der Waals surface area contributed by atoms with E-state index in [0.29, 0.717) is 44.6 Å². The van der Waals surface area contributed by atoms with E-state index in [1.807, 2.05) is 39.8 Å². The summed E-state index contributed by atoms with van der Waals surface area (Å²) < 4.78 is 26.3. The molecule has 6 unspecified atom stereocenters. The third-order valence-electron chi connectivity index (χ3n) is 10.7. The van der Waals surface area contributed by atoms with Crippen molar-refractivity contribution in [2.45, 2.75) is 102 Å². The number of fused-ring (bicyclic) bond motifs is 2. The Bertz CT molecular complexity index is 1430. The summed E-state index contributed by atoms with van der Waals surface area (Å²) >= 11 is 6.00. The molecule has 2 heterocycles. The molecule has 6 atom stereocenters. The Morgan fingerprint density at radius 2 is 1.91 bits per heavy atom. The Kier molecular flexibility index (Phi) is 14.9. The van der Waals surface area contributed by atoms with Crippen LogP contribution in [-0.2, 0) is 14.3 Å². The number of aliphatic hydroxyl groups excluding tert-OH is 2. The fourth-order valence-corrected chi connectivity index (χ4v) is 8.42. The van der Waals surface area contributed by atoms with E-state index in [-0.39, 0.29) is 50.1 Å². The fourth-order valence-electron chi connectivity index (χ4n) is 8.34. The molecule has 4 aliphatic rings. The number of carbonyl (C=O) groups excluding carboxylic acids is 1. The van der Waals surface area contributed by atoms with Crippen LogP contribution in [0.3, 0.4) is 0 Å². The first-order valence-electron chi connectivity index (χ1n) is 19.7. The van der Waals surface area contributed by atoms with Gasteiger partial charge in [0.05, 0.1) is 24.1 Å². The minimum atomic E-state index is -1.33. The van der Waals surface area contributed by atoms with E-state index in [1.54, 1.807) is 11.0 Å². The maximum absolute atomic E-state index is 14.0. The Balaban J connectivity index is 1.74. The molecule has 0 radical (unpaired) electrons. The van der Waals surface area contributed by atoms with Crippen LogP contribution in [0.5, 0.6) is 11.5 Å². The third-order valence-corrected chi connectivity index (χ3v) is 10.8. The van der Waals surface area contributed by atoms with Crippen LogP contribution >= 0.6 is 11.6 Å². The maximum atomic E-state index is 14.0. The molecule has 0 bridgehead atoms. The number of carbonyl (C=O) groups is 1. The first kappa shape index (κ1) is 41.3. The van der Waals surface area contributed by atoms with Crippen molar-refractivity contribution in [1.29, 1.82) is 0 Å². The van der Waals surface area contributed by atoms with E-state index < -0.39 is 29.4 Å². The van der Waals surface area contributed by atoms with Gasteiger partial charge >= 0.3 is 6.09 Å². The van der Waals surface area contributed by atoms with Crippen LogP contribution in [0.25, 0.3) is 0 Å². The van der Waals surface area contributed by atoms with Gasteiger partial charge < -0.3 is 34.0 Å². The lowest BCUT2D eigenvalue weighted by molar-refractivity contribution is -0.255. The maximum Gasteiger partial charge on any atom is 0.410 e. The zero-order chi connectivity index (χ0) is 38.0. The Labute approximate surface area is 321 Å². The Hall–Kier alpha value is -2.83. The summed E-state index contributed by atoms with van der Waals surface area (Å²) in [6.45, 7) is 16.6. The highest BCUT2D eigenvalue weighted by Crippen LogP contribution is 2.62. The summed E-state index contributed by atoms with van der Waals surface area (Å²) in [6.07, 6.45) is 9.43. The van der Waals surface area contributed by atoms with Gasteiger partial charge in [0, 0.05) is 57.3 Å². The molecule has 12 heteroatoms. The molecule has 0 aromatic heterocycles. The molecule has 1 amide bonds. The molecule has 1 aromatic rings. The highest BCUT2D eigenvalue weighted by atomic mass is 35.5. The number of allylic oxidation sites excluding steroid dienone is 1. The Morgan fingerprint density at radius 3 is 2.57 bits per heavy atom. The van der Waals surface area contributed by atoms with Crippen molar-refractivity contribution in [2.75, 3.05) is 65.1 Å². The lowest BCUT2D eigenvalue weighted by Crippen LogP contribution is -2.70. The Morgan fingerprint density at radius 1 is 1.15 bits per heavy atom. The van der Waals surface area contributed by atoms with Gasteiger partial charge in [-0.15, -0.1) is 18.2 Å². The molecule has 2 N–H and O–H groups in total. The highest BCUT2D eigenvalue weighted by Gasteiger charge is 2.65. The zero-order valence-corrected chi connectivity index (χ0v) is 33.0. The number of halogens is 1. The number of amides is 1. The molecule has 1 saturated carbocycles. The first-order chi connectivity index (χ1) is 25.6. The predicted octanol–water partition coefficient (Wildman–Crippen LogP) is 6.90. The molecule has 1 aromatic carbocycles. The summed E-state index contributed by atoms with van der Waals surface area (Å²) in [7, 11) is 0. The molecule has 53 heavy (non-hydrogen) atoms. The molecular formula is C41H62ClN3O8. The lowest BCUT2D eigenvalue weighted by Gasteiger charge is -2.60. The van der Waals surface area contributed by atoms with E-state index in [9.17, 15) is 15.0 Å². The third kappa shape index (κ3) is 10.1. The molecule has 296 valence electrons. The second kappa shape index (κ2) is 19.2. The number of unbranched alkanes of at least 4 members (excludes halogenated alkanes) is 2. The van der Waals surface area contributed by atoms with Crippen LogP contribution in [0, 0.1) is 17.8 Å². The van der Waals surface area contributed by atoms with Crippen LogP contribution in [0.15, 0.2) is 47.7 Å². The highest BCUT2D eigenvalue weighted by molar-refractivity contribution is 6.18. The van der Waals surface area contributed by atoms with Gasteiger partial charge in [0.2, 0.25) is 5.79 Å². The van der Waals surface area contributed by atoms with Gasteiger partial charge in [0.25, 0.3) is 0 Å². The zero-order valence-electron chi connectivity index (χ0n) is 32.3. The van der Waals surface area contributed by atoms with Gasteiger partial charge in [-0.3, -0.25) is 9.80 Å². The first-order valence-corrected chi connectivity index (χ1v) is 20.2.